The molecule has 5 nitrogen and oxygen atoms in total. The SMILES string of the molecule is CC(C)(C)[PH+](CN1[CH-]N(C[PH+](C(C)(C)C)C(C)(C)C)c2cc(C(F)(F)F)c(C(F)(F)F)cc21)C(C)(C)C.[C-]#[O+].[C-]#[O+].[C-]#[O+].[Mo]. The summed E-state index contributed by atoms with van der Waals surface area (Å²) in [5.74, 6) is 0. The van der Waals surface area contributed by atoms with Gasteiger partial charge in [0.05, 0.1) is 31.8 Å². The first-order valence-corrected chi connectivity index (χ1v) is 16.6. The molecule has 0 unspecified atom stereocenters. The average Bonchev–Trinajstić information content (AvgIpc) is 3.17. The number of halogens is 6. The molecule has 2 rings (SSSR count). The molecule has 0 fully saturated rings. The van der Waals surface area contributed by atoms with E-state index < -0.39 is 39.3 Å². The summed E-state index contributed by atoms with van der Waals surface area (Å²) in [4.78, 5) is 3.58. The molecule has 0 atom stereocenters. The van der Waals surface area contributed by atoms with Gasteiger partial charge in [-0.25, -0.2) is 0 Å². The van der Waals surface area contributed by atoms with E-state index in [1.54, 1.807) is 16.5 Å². The van der Waals surface area contributed by atoms with Crippen molar-refractivity contribution in [1.82, 2.24) is 0 Å². The molecule has 0 bridgehead atoms. The number of hydrogen-bond acceptors (Lipinski definition) is 2. The Morgan fingerprint density at radius 3 is 0.909 bits per heavy atom. The van der Waals surface area contributed by atoms with Gasteiger partial charge in [-0.05, 0) is 95.2 Å². The largest absolute Gasteiger partial charge is 0 e. The van der Waals surface area contributed by atoms with Gasteiger partial charge in [0.25, 0.3) is 0 Å². The van der Waals surface area contributed by atoms with Crippen molar-refractivity contribution in [3.63, 3.8) is 0 Å². The van der Waals surface area contributed by atoms with Crippen LogP contribution in [0.25, 0.3) is 0 Å². The summed E-state index contributed by atoms with van der Waals surface area (Å²) in [6.45, 7) is 40.9. The van der Waals surface area contributed by atoms with Crippen LogP contribution in [0.5, 0.6) is 0 Å². The maximum Gasteiger partial charge on any atom is 0 e. The van der Waals surface area contributed by atoms with Crippen molar-refractivity contribution in [3.8, 4) is 0 Å². The van der Waals surface area contributed by atoms with Crippen molar-refractivity contribution in [2.24, 2.45) is 0 Å². The van der Waals surface area contributed by atoms with E-state index in [1.807, 2.05) is 0 Å². The summed E-state index contributed by atoms with van der Waals surface area (Å²) in [5, 5.41) is -0.298. The number of anilines is 2. The molecular weight excluding hydrogens is 708 g/mol. The standard InChI is InChI=1S/C27H43F6N2P2.3CO.Mo/c1-22(2,3)36(23(4,5)6)16-34-15-35(17-37(24(7,8)9)25(10,11)12)21-14-19(27(31,32)33)18(13-20(21)34)26(28,29)30;3*1-2;/h13-15H,16-17H2,1-12H3;;;;/q-1;;;;/p+2. The maximum absolute atomic E-state index is 13.9. The summed E-state index contributed by atoms with van der Waals surface area (Å²) in [5.41, 5.74) is -2.84. The van der Waals surface area contributed by atoms with Crippen molar-refractivity contribution >= 4 is 27.2 Å². The average molecular weight is 754 g/mol. The van der Waals surface area contributed by atoms with Crippen LogP contribution in [0.4, 0.5) is 37.7 Å². The molecule has 0 spiro atoms. The van der Waals surface area contributed by atoms with Crippen LogP contribution in [0.3, 0.4) is 0 Å². The quantitative estimate of drug-likeness (QED) is 0.101. The van der Waals surface area contributed by atoms with Gasteiger partial charge in [0.15, 0.2) is 0 Å². The van der Waals surface area contributed by atoms with Crippen molar-refractivity contribution in [3.05, 3.63) is 49.9 Å². The Labute approximate surface area is 276 Å². The molecular formula is C30H45F6MoN2O3P2+. The van der Waals surface area contributed by atoms with E-state index in [9.17, 15) is 26.3 Å². The number of nitrogens with zero attached hydrogens (tertiary/aromatic N) is 2. The summed E-state index contributed by atoms with van der Waals surface area (Å²) >= 11 is 0. The molecule has 0 aromatic heterocycles. The molecule has 250 valence electrons. The third-order valence-corrected chi connectivity index (χ3v) is 15.5. The Bertz CT molecular complexity index is 991. The van der Waals surface area contributed by atoms with E-state index in [-0.39, 0.29) is 53.1 Å². The van der Waals surface area contributed by atoms with E-state index in [4.69, 9.17) is 14.0 Å². The smallest absolute Gasteiger partial charge is 0 e. The first-order valence-electron chi connectivity index (χ1n) is 13.2. The predicted octanol–water partition coefficient (Wildman–Crippen LogP) is 9.89. The van der Waals surface area contributed by atoms with E-state index >= 15 is 0 Å². The molecule has 44 heavy (non-hydrogen) atoms. The van der Waals surface area contributed by atoms with Gasteiger partial charge in [0.2, 0.25) is 0 Å². The van der Waals surface area contributed by atoms with Gasteiger partial charge in [-0.15, -0.1) is 6.67 Å². The maximum atomic E-state index is 13.9. The van der Waals surface area contributed by atoms with Gasteiger partial charge in [-0.2, -0.15) is 26.3 Å². The molecule has 0 amide bonds. The van der Waals surface area contributed by atoms with E-state index in [0.29, 0.717) is 12.6 Å². The van der Waals surface area contributed by atoms with Gasteiger partial charge in [-0.1, -0.05) is 0 Å². The number of rotatable bonds is 4. The number of hydrogen-bond donors (Lipinski definition) is 0. The third kappa shape index (κ3) is 13.1. The summed E-state index contributed by atoms with van der Waals surface area (Å²) in [7, 11) is -2.44. The van der Waals surface area contributed by atoms with Crippen molar-refractivity contribution in [1.29, 1.82) is 0 Å². The zero-order valence-corrected chi connectivity index (χ0v) is 31.4. The summed E-state index contributed by atoms with van der Waals surface area (Å²) < 4.78 is 106. The number of alkyl halides is 6. The minimum absolute atomic E-state index is 0. The van der Waals surface area contributed by atoms with Crippen molar-refractivity contribution in [2.75, 3.05) is 22.4 Å². The van der Waals surface area contributed by atoms with Gasteiger partial charge < -0.3 is 9.80 Å². The summed E-state index contributed by atoms with van der Waals surface area (Å²) in [6, 6.07) is 1.44. The Hall–Kier alpha value is -0.832. The molecule has 0 N–H and O–H groups in total. The minimum atomic E-state index is -5.12. The minimum Gasteiger partial charge on any atom is 0 e. The van der Waals surface area contributed by atoms with Gasteiger partial charge in [-0.3, -0.25) is 0 Å². The molecule has 1 aliphatic rings. The van der Waals surface area contributed by atoms with Crippen molar-refractivity contribution < 1.29 is 61.4 Å². The van der Waals surface area contributed by atoms with Crippen LogP contribution in [0.1, 0.15) is 94.2 Å². The molecule has 0 saturated heterocycles. The van der Waals surface area contributed by atoms with Crippen LogP contribution in [-0.4, -0.2) is 33.2 Å². The first-order chi connectivity index (χ1) is 19.1. The van der Waals surface area contributed by atoms with Crippen LogP contribution in [0, 0.1) is 26.6 Å². The van der Waals surface area contributed by atoms with Crippen LogP contribution < -0.4 is 9.80 Å². The van der Waals surface area contributed by atoms with Crippen molar-refractivity contribution in [2.45, 2.75) is 116 Å². The van der Waals surface area contributed by atoms with E-state index in [0.717, 1.165) is 12.1 Å². The second kappa shape index (κ2) is 17.4. The zero-order valence-electron chi connectivity index (χ0n) is 27.4. The fourth-order valence-corrected chi connectivity index (χ4v) is 13.2. The van der Waals surface area contributed by atoms with Crippen LogP contribution >= 0.6 is 15.8 Å². The predicted molar refractivity (Wildman–Crippen MR) is 163 cm³/mol. The first kappa shape index (κ1) is 47.6. The molecule has 14 heteroatoms. The second-order valence-corrected chi connectivity index (χ2v) is 22.8. The van der Waals surface area contributed by atoms with Gasteiger partial charge >= 0.3 is 46.3 Å². The molecule has 0 aliphatic carbocycles. The summed E-state index contributed by atoms with van der Waals surface area (Å²) in [6.07, 6.45) is -9.24. The Kier molecular flexibility index (Phi) is 18.8. The number of fused-ring (bicyclic) bond motifs is 1. The second-order valence-electron chi connectivity index (χ2n) is 14.2. The Balaban J connectivity index is -0.00000225. The molecule has 0 saturated carbocycles. The Morgan fingerprint density at radius 2 is 0.750 bits per heavy atom. The molecule has 1 aromatic rings. The normalized spacial score (nSPS) is 13.9. The molecule has 1 heterocycles. The Morgan fingerprint density at radius 1 is 0.545 bits per heavy atom. The van der Waals surface area contributed by atoms with Crippen LogP contribution in [-0.2, 0) is 47.4 Å². The van der Waals surface area contributed by atoms with Crippen LogP contribution in [0.2, 0.25) is 0 Å². The van der Waals surface area contributed by atoms with Gasteiger partial charge in [0.1, 0.15) is 12.6 Å². The molecule has 1 aliphatic heterocycles. The van der Waals surface area contributed by atoms with E-state index in [1.165, 1.54) is 0 Å². The van der Waals surface area contributed by atoms with Crippen LogP contribution in [0.15, 0.2) is 12.1 Å². The fourth-order valence-electron chi connectivity index (χ4n) is 5.59. The fraction of sp³-hybridized carbons (Fsp3) is 0.667. The monoisotopic (exact) mass is 755 g/mol. The zero-order chi connectivity index (χ0) is 35.2. The van der Waals surface area contributed by atoms with Gasteiger partial charge in [0, 0.05) is 48.3 Å². The van der Waals surface area contributed by atoms with E-state index in [2.05, 4.69) is 103 Å². The number of benzene rings is 1. The molecule has 0 radical (unpaired) electrons. The third-order valence-electron chi connectivity index (χ3n) is 6.90. The topological polar surface area (TPSA) is 66.2 Å². The molecule has 1 aromatic carbocycles.